The molecule has 4 rings (SSSR count). The number of sulfonamides is 1. The summed E-state index contributed by atoms with van der Waals surface area (Å²) in [6.07, 6.45) is 1.54. The minimum Gasteiger partial charge on any atom is -0.486 e. The normalized spacial score (nSPS) is 17.3. The third kappa shape index (κ3) is 3.91. The lowest BCUT2D eigenvalue weighted by Gasteiger charge is -2.25. The second kappa shape index (κ2) is 7.94. The van der Waals surface area contributed by atoms with E-state index in [9.17, 15) is 8.42 Å². The molecule has 1 saturated heterocycles. The van der Waals surface area contributed by atoms with Crippen molar-refractivity contribution < 1.29 is 27.6 Å². The van der Waals surface area contributed by atoms with Crippen LogP contribution in [0.15, 0.2) is 41.4 Å². The van der Waals surface area contributed by atoms with Crippen molar-refractivity contribution in [2.45, 2.75) is 11.4 Å². The van der Waals surface area contributed by atoms with E-state index in [-0.39, 0.29) is 4.90 Å². The van der Waals surface area contributed by atoms with Crippen molar-refractivity contribution in [1.29, 1.82) is 0 Å². The molecule has 1 aromatic carbocycles. The maximum Gasteiger partial charge on any atom is 0.274 e. The maximum absolute atomic E-state index is 12.7. The third-order valence-corrected chi connectivity index (χ3v) is 6.71. The fourth-order valence-corrected chi connectivity index (χ4v) is 4.66. The lowest BCUT2D eigenvalue weighted by Crippen LogP contribution is -2.41. The van der Waals surface area contributed by atoms with Crippen molar-refractivity contribution in [3.05, 3.63) is 42.1 Å². The van der Waals surface area contributed by atoms with Crippen LogP contribution < -0.4 is 19.4 Å². The smallest absolute Gasteiger partial charge is 0.274 e. The molecule has 9 heteroatoms. The Morgan fingerprint density at radius 3 is 2.50 bits per heavy atom. The van der Waals surface area contributed by atoms with E-state index in [1.54, 1.807) is 18.3 Å². The monoisotopic (exact) mass is 406 g/mol. The number of anilines is 1. The number of nitrogens with zero attached hydrogens (tertiary/aromatic N) is 2. The van der Waals surface area contributed by atoms with Gasteiger partial charge in [-0.05, 0) is 23.8 Å². The molecule has 1 aromatic heterocycles. The molecule has 0 unspecified atom stereocenters. The fourth-order valence-electron chi connectivity index (χ4n) is 3.28. The number of benzene rings is 1. The molecule has 28 heavy (non-hydrogen) atoms. The predicted octanol–water partition coefficient (Wildman–Crippen LogP) is 0.929. The molecule has 3 heterocycles. The van der Waals surface area contributed by atoms with Gasteiger partial charge in [0.1, 0.15) is 30.9 Å². The highest BCUT2D eigenvalue weighted by Gasteiger charge is 2.27. The van der Waals surface area contributed by atoms with Gasteiger partial charge < -0.3 is 14.2 Å². The molecular formula is C19H24N3O5S+. The molecule has 0 bridgehead atoms. The maximum atomic E-state index is 12.7. The Kier molecular flexibility index (Phi) is 5.38. The number of ether oxygens (including phenoxy) is 3. The summed E-state index contributed by atoms with van der Waals surface area (Å²) < 4.78 is 43.3. The molecule has 0 atom stereocenters. The van der Waals surface area contributed by atoms with E-state index in [0.717, 1.165) is 22.9 Å². The Labute approximate surface area is 164 Å². The minimum atomic E-state index is -3.50. The van der Waals surface area contributed by atoms with Crippen LogP contribution in [0.5, 0.6) is 11.5 Å². The lowest BCUT2D eigenvalue weighted by molar-refractivity contribution is -0.367. The highest BCUT2D eigenvalue weighted by molar-refractivity contribution is 7.89. The number of aromatic amines is 1. The van der Waals surface area contributed by atoms with E-state index >= 15 is 0 Å². The van der Waals surface area contributed by atoms with Crippen molar-refractivity contribution >= 4 is 15.8 Å². The number of nitrogens with one attached hydrogen (secondary N) is 1. The zero-order valence-electron chi connectivity index (χ0n) is 15.8. The van der Waals surface area contributed by atoms with Gasteiger partial charge >= 0.3 is 0 Å². The SMILES string of the molecule is CN(Cc1ccc2c(c1)OCCO2)c1ccc(S(=O)(=O)N2CCOCC2)c[nH+]1. The summed E-state index contributed by atoms with van der Waals surface area (Å²) in [5.74, 6) is 2.34. The summed E-state index contributed by atoms with van der Waals surface area (Å²) in [5, 5.41) is 0. The van der Waals surface area contributed by atoms with Crippen LogP contribution in [-0.4, -0.2) is 59.3 Å². The van der Waals surface area contributed by atoms with Crippen molar-refractivity contribution in [2.75, 3.05) is 51.5 Å². The largest absolute Gasteiger partial charge is 0.486 e. The fraction of sp³-hybridized carbons (Fsp3) is 0.421. The highest BCUT2D eigenvalue weighted by Crippen LogP contribution is 2.31. The molecular weight excluding hydrogens is 382 g/mol. The van der Waals surface area contributed by atoms with Gasteiger partial charge in [0.25, 0.3) is 5.82 Å². The molecule has 8 nitrogen and oxygen atoms in total. The first-order valence-corrected chi connectivity index (χ1v) is 10.7. The topological polar surface area (TPSA) is 82.5 Å². The van der Waals surface area contributed by atoms with Gasteiger partial charge in [-0.3, -0.25) is 4.90 Å². The van der Waals surface area contributed by atoms with Gasteiger partial charge in [0.2, 0.25) is 10.0 Å². The van der Waals surface area contributed by atoms with Crippen LogP contribution in [0.3, 0.4) is 0 Å². The number of hydrogen-bond donors (Lipinski definition) is 0. The summed E-state index contributed by atoms with van der Waals surface area (Å²) in [4.78, 5) is 5.36. The van der Waals surface area contributed by atoms with E-state index in [4.69, 9.17) is 14.2 Å². The molecule has 0 aliphatic carbocycles. The van der Waals surface area contributed by atoms with Crippen LogP contribution in [-0.2, 0) is 21.3 Å². The zero-order chi connectivity index (χ0) is 19.6. The summed E-state index contributed by atoms with van der Waals surface area (Å²) in [6.45, 7) is 3.39. The number of H-pyrrole nitrogens is 1. The zero-order valence-corrected chi connectivity index (χ0v) is 16.6. The Hall–Kier alpha value is -2.36. The number of aromatic nitrogens is 1. The minimum absolute atomic E-state index is 0.255. The molecule has 2 aliphatic heterocycles. The van der Waals surface area contributed by atoms with Crippen molar-refractivity contribution in [3.8, 4) is 11.5 Å². The second-order valence-corrected chi connectivity index (χ2v) is 8.70. The van der Waals surface area contributed by atoms with Crippen LogP contribution >= 0.6 is 0 Å². The van der Waals surface area contributed by atoms with Gasteiger partial charge in [-0.2, -0.15) is 4.31 Å². The first kappa shape index (κ1) is 19.0. The molecule has 2 aromatic rings. The van der Waals surface area contributed by atoms with E-state index in [1.165, 1.54) is 4.31 Å². The Balaban J connectivity index is 1.46. The summed E-state index contributed by atoms with van der Waals surface area (Å²) >= 11 is 0. The molecule has 2 aliphatic rings. The summed E-state index contributed by atoms with van der Waals surface area (Å²) in [5.41, 5.74) is 1.07. The van der Waals surface area contributed by atoms with Gasteiger partial charge in [-0.15, -0.1) is 0 Å². The number of hydrogen-bond acceptors (Lipinski definition) is 6. The molecule has 0 radical (unpaired) electrons. The molecule has 0 spiro atoms. The second-order valence-electron chi connectivity index (χ2n) is 6.76. The molecule has 1 fully saturated rings. The van der Waals surface area contributed by atoms with Crippen LogP contribution in [0.25, 0.3) is 0 Å². The van der Waals surface area contributed by atoms with Gasteiger partial charge in [-0.25, -0.2) is 13.4 Å². The van der Waals surface area contributed by atoms with Gasteiger partial charge in [-0.1, -0.05) is 6.07 Å². The van der Waals surface area contributed by atoms with Crippen molar-refractivity contribution in [1.82, 2.24) is 4.31 Å². The number of pyridine rings is 1. The van der Waals surface area contributed by atoms with E-state index in [1.807, 2.05) is 30.1 Å². The average molecular weight is 406 g/mol. The van der Waals surface area contributed by atoms with E-state index in [0.29, 0.717) is 46.1 Å². The third-order valence-electron chi connectivity index (χ3n) is 4.81. The first-order chi connectivity index (χ1) is 13.5. The van der Waals surface area contributed by atoms with E-state index in [2.05, 4.69) is 4.98 Å². The van der Waals surface area contributed by atoms with Crippen LogP contribution in [0.4, 0.5) is 5.82 Å². The van der Waals surface area contributed by atoms with Crippen molar-refractivity contribution in [3.63, 3.8) is 0 Å². The number of fused-ring (bicyclic) bond motifs is 1. The Morgan fingerprint density at radius 1 is 1.04 bits per heavy atom. The molecule has 0 saturated carbocycles. The highest BCUT2D eigenvalue weighted by atomic mass is 32.2. The van der Waals surface area contributed by atoms with Gasteiger partial charge in [0.05, 0.1) is 20.3 Å². The number of rotatable bonds is 5. The van der Waals surface area contributed by atoms with Gasteiger partial charge in [0.15, 0.2) is 11.5 Å². The Morgan fingerprint density at radius 2 is 1.79 bits per heavy atom. The Bertz CT molecular complexity index is 927. The molecule has 150 valence electrons. The molecule has 1 N–H and O–H groups in total. The predicted molar refractivity (Wildman–Crippen MR) is 102 cm³/mol. The average Bonchev–Trinajstić information content (AvgIpc) is 2.74. The summed E-state index contributed by atoms with van der Waals surface area (Å²) in [6, 6.07) is 9.31. The summed E-state index contributed by atoms with van der Waals surface area (Å²) in [7, 11) is -1.56. The first-order valence-electron chi connectivity index (χ1n) is 9.23. The van der Waals surface area contributed by atoms with Crippen molar-refractivity contribution in [2.24, 2.45) is 0 Å². The van der Waals surface area contributed by atoms with Crippen LogP contribution in [0.2, 0.25) is 0 Å². The van der Waals surface area contributed by atoms with Gasteiger partial charge in [0, 0.05) is 19.2 Å². The van der Waals surface area contributed by atoms with Crippen LogP contribution in [0.1, 0.15) is 5.56 Å². The van der Waals surface area contributed by atoms with Crippen LogP contribution in [0, 0.1) is 0 Å². The lowest BCUT2D eigenvalue weighted by atomic mass is 10.2. The standard InChI is InChI=1S/C19H23N3O5S/c1-21(14-15-2-4-17-18(12-15)27-11-10-26-17)19-5-3-16(13-20-19)28(23,24)22-6-8-25-9-7-22/h2-5,12-13H,6-11,14H2,1H3/p+1. The van der Waals surface area contributed by atoms with E-state index < -0.39 is 10.0 Å². The quantitative estimate of drug-likeness (QED) is 0.735. The number of morpholine rings is 1. The molecule has 0 amide bonds.